The maximum Gasteiger partial charge on any atom is 0.240 e. The Morgan fingerprint density at radius 2 is 2.12 bits per heavy atom. The van der Waals surface area contributed by atoms with Crippen LogP contribution in [-0.4, -0.2) is 70.5 Å². The van der Waals surface area contributed by atoms with Crippen molar-refractivity contribution in [1.29, 1.82) is 0 Å². The summed E-state index contributed by atoms with van der Waals surface area (Å²) in [6, 6.07) is -0.0874. The topological polar surface area (TPSA) is 50.6 Å². The van der Waals surface area contributed by atoms with Crippen molar-refractivity contribution >= 4 is 5.91 Å². The normalized spacial score (nSPS) is 25.6. The highest BCUT2D eigenvalue weighted by molar-refractivity contribution is 5.82. The van der Waals surface area contributed by atoms with Crippen molar-refractivity contribution in [2.24, 2.45) is 0 Å². The van der Waals surface area contributed by atoms with Crippen LogP contribution in [0.3, 0.4) is 0 Å². The van der Waals surface area contributed by atoms with Gasteiger partial charge in [0.1, 0.15) is 6.17 Å². The lowest BCUT2D eigenvalue weighted by Crippen LogP contribution is -2.49. The molecule has 0 saturated carbocycles. The highest BCUT2D eigenvalue weighted by Gasteiger charge is 2.39. The van der Waals surface area contributed by atoms with Gasteiger partial charge in [-0.3, -0.25) is 14.4 Å². The fourth-order valence-corrected chi connectivity index (χ4v) is 3.43. The Morgan fingerprint density at radius 1 is 1.42 bits per heavy atom. The minimum absolute atomic E-state index is 0.0346. The quantitative estimate of drug-likeness (QED) is 0.836. The second-order valence-electron chi connectivity index (χ2n) is 7.03. The van der Waals surface area contributed by atoms with Gasteiger partial charge in [-0.25, -0.2) is 4.39 Å². The van der Waals surface area contributed by atoms with Gasteiger partial charge < -0.3 is 9.64 Å². The average molecular weight is 338 g/mol. The third-order valence-electron chi connectivity index (χ3n) is 4.88. The molecular weight excluding hydrogens is 311 g/mol. The van der Waals surface area contributed by atoms with Crippen LogP contribution in [0.2, 0.25) is 0 Å². The van der Waals surface area contributed by atoms with Crippen LogP contribution < -0.4 is 0 Å². The molecule has 2 fully saturated rings. The number of hydrogen-bond donors (Lipinski definition) is 0. The van der Waals surface area contributed by atoms with Gasteiger partial charge in [0.25, 0.3) is 0 Å². The smallest absolute Gasteiger partial charge is 0.240 e. The van der Waals surface area contributed by atoms with E-state index in [1.807, 2.05) is 27.6 Å². The van der Waals surface area contributed by atoms with Gasteiger partial charge in [-0.1, -0.05) is 0 Å². The van der Waals surface area contributed by atoms with Crippen LogP contribution in [0.1, 0.15) is 37.6 Å². The number of aromatic nitrogens is 2. The van der Waals surface area contributed by atoms with Gasteiger partial charge in [0.2, 0.25) is 5.91 Å². The molecule has 1 aromatic heterocycles. The molecule has 24 heavy (non-hydrogen) atoms. The predicted molar refractivity (Wildman–Crippen MR) is 88.5 cm³/mol. The Labute approximate surface area is 142 Å². The number of carbonyl (C=O) groups is 1. The first-order valence-electron chi connectivity index (χ1n) is 8.75. The maximum absolute atomic E-state index is 14.0. The third-order valence-corrected chi connectivity index (χ3v) is 4.88. The minimum atomic E-state index is -0.944. The van der Waals surface area contributed by atoms with Crippen molar-refractivity contribution in [3.63, 3.8) is 0 Å². The van der Waals surface area contributed by atoms with Gasteiger partial charge in [0.15, 0.2) is 0 Å². The number of aryl methyl sites for hydroxylation is 1. The summed E-state index contributed by atoms with van der Waals surface area (Å²) >= 11 is 0. The molecule has 0 aromatic carbocycles. The molecule has 6 nitrogen and oxygen atoms in total. The number of likely N-dealkylation sites (tertiary alicyclic amines) is 1. The zero-order valence-electron chi connectivity index (χ0n) is 14.7. The lowest BCUT2D eigenvalue weighted by molar-refractivity contribution is -0.140. The van der Waals surface area contributed by atoms with E-state index in [1.165, 1.54) is 0 Å². The fourth-order valence-electron chi connectivity index (χ4n) is 3.43. The zero-order valence-corrected chi connectivity index (χ0v) is 14.7. The molecule has 2 aliphatic rings. The van der Waals surface area contributed by atoms with Crippen molar-refractivity contribution in [3.8, 4) is 0 Å². The van der Waals surface area contributed by atoms with E-state index < -0.39 is 6.17 Å². The Balaban J connectivity index is 1.72. The van der Waals surface area contributed by atoms with Gasteiger partial charge >= 0.3 is 0 Å². The van der Waals surface area contributed by atoms with Crippen LogP contribution >= 0.6 is 0 Å². The van der Waals surface area contributed by atoms with Gasteiger partial charge in [0, 0.05) is 50.4 Å². The molecule has 0 radical (unpaired) electrons. The number of halogens is 1. The number of ether oxygens (including phenoxy) is 1. The lowest BCUT2D eigenvalue weighted by Gasteiger charge is -2.32. The predicted octanol–water partition coefficient (Wildman–Crippen LogP) is 1.54. The van der Waals surface area contributed by atoms with E-state index in [9.17, 15) is 9.18 Å². The first-order chi connectivity index (χ1) is 11.5. The standard InChI is InChI=1S/C17H27FN4O2/c1-12(2)22-10-14(13(3)19-22)9-21-11-15(18)8-16(21)17(23)20-4-6-24-7-5-20/h10,12,15-16H,4-9,11H2,1-3H3/t15-,16+/m1/s1. The van der Waals surface area contributed by atoms with Crippen LogP contribution in [0.5, 0.6) is 0 Å². The minimum Gasteiger partial charge on any atom is -0.378 e. The Kier molecular flexibility index (Phi) is 5.20. The first-order valence-corrected chi connectivity index (χ1v) is 8.75. The van der Waals surface area contributed by atoms with Crippen LogP contribution in [0.4, 0.5) is 4.39 Å². The van der Waals surface area contributed by atoms with E-state index in [4.69, 9.17) is 4.74 Å². The molecule has 2 atom stereocenters. The average Bonchev–Trinajstić information content (AvgIpc) is 3.11. The fraction of sp³-hybridized carbons (Fsp3) is 0.765. The largest absolute Gasteiger partial charge is 0.378 e. The van der Waals surface area contributed by atoms with Gasteiger partial charge in [-0.15, -0.1) is 0 Å². The van der Waals surface area contributed by atoms with Gasteiger partial charge in [0.05, 0.1) is 24.9 Å². The van der Waals surface area contributed by atoms with Crippen molar-refractivity contribution in [1.82, 2.24) is 19.6 Å². The highest BCUT2D eigenvalue weighted by atomic mass is 19.1. The van der Waals surface area contributed by atoms with Crippen LogP contribution in [0.25, 0.3) is 0 Å². The van der Waals surface area contributed by atoms with Crippen LogP contribution in [0.15, 0.2) is 6.20 Å². The molecular formula is C17H27FN4O2. The summed E-state index contributed by atoms with van der Waals surface area (Å²) in [6.07, 6.45) is 1.36. The Hall–Kier alpha value is -1.47. The van der Waals surface area contributed by atoms with E-state index in [0.29, 0.717) is 39.4 Å². The number of morpholine rings is 1. The second kappa shape index (κ2) is 7.19. The SMILES string of the molecule is Cc1nn(C(C)C)cc1CN1C[C@H](F)C[C@H]1C(=O)N1CCOCC1. The summed E-state index contributed by atoms with van der Waals surface area (Å²) in [7, 11) is 0. The van der Waals surface area contributed by atoms with Crippen molar-refractivity contribution in [2.75, 3.05) is 32.8 Å². The highest BCUT2D eigenvalue weighted by Crippen LogP contribution is 2.25. The van der Waals surface area contributed by atoms with E-state index in [1.54, 1.807) is 0 Å². The molecule has 2 saturated heterocycles. The molecule has 2 aliphatic heterocycles. The van der Waals surface area contributed by atoms with Crippen molar-refractivity contribution in [3.05, 3.63) is 17.5 Å². The van der Waals surface area contributed by atoms with Crippen LogP contribution in [0, 0.1) is 6.92 Å². The molecule has 3 heterocycles. The first kappa shape index (κ1) is 17.4. The molecule has 1 aromatic rings. The Morgan fingerprint density at radius 3 is 2.75 bits per heavy atom. The molecule has 0 aliphatic carbocycles. The second-order valence-corrected chi connectivity index (χ2v) is 7.03. The van der Waals surface area contributed by atoms with Gasteiger partial charge in [-0.2, -0.15) is 5.10 Å². The van der Waals surface area contributed by atoms with Crippen molar-refractivity contribution in [2.45, 2.75) is 52.0 Å². The van der Waals surface area contributed by atoms with E-state index in [-0.39, 0.29) is 24.4 Å². The van der Waals surface area contributed by atoms with Crippen molar-refractivity contribution < 1.29 is 13.9 Å². The number of carbonyl (C=O) groups excluding carboxylic acids is 1. The van der Waals surface area contributed by atoms with Crippen LogP contribution in [-0.2, 0) is 16.1 Å². The molecule has 134 valence electrons. The summed E-state index contributed by atoms with van der Waals surface area (Å²) in [5.74, 6) is 0.0346. The molecule has 0 unspecified atom stereocenters. The van der Waals surface area contributed by atoms with E-state index in [0.717, 1.165) is 11.3 Å². The molecule has 0 bridgehead atoms. The summed E-state index contributed by atoms with van der Waals surface area (Å²) < 4.78 is 21.3. The Bertz CT molecular complexity index is 583. The number of hydrogen-bond acceptors (Lipinski definition) is 4. The summed E-state index contributed by atoms with van der Waals surface area (Å²) in [5.41, 5.74) is 2.01. The number of alkyl halides is 1. The molecule has 3 rings (SSSR count). The number of rotatable bonds is 4. The summed E-state index contributed by atoms with van der Waals surface area (Å²) in [6.45, 7) is 9.34. The molecule has 0 spiro atoms. The molecule has 7 heteroatoms. The third kappa shape index (κ3) is 3.62. The van der Waals surface area contributed by atoms with E-state index in [2.05, 4.69) is 18.9 Å². The number of amides is 1. The van der Waals surface area contributed by atoms with E-state index >= 15 is 0 Å². The summed E-state index contributed by atoms with van der Waals surface area (Å²) in [4.78, 5) is 16.6. The molecule has 0 N–H and O–H groups in total. The lowest BCUT2D eigenvalue weighted by atomic mass is 10.1. The molecule has 1 amide bonds. The van der Waals surface area contributed by atoms with Gasteiger partial charge in [-0.05, 0) is 20.8 Å². The number of nitrogens with zero attached hydrogens (tertiary/aromatic N) is 4. The zero-order chi connectivity index (χ0) is 17.3. The monoisotopic (exact) mass is 338 g/mol. The summed E-state index contributed by atoms with van der Waals surface area (Å²) in [5, 5.41) is 4.52. The maximum atomic E-state index is 14.0.